The predicted octanol–water partition coefficient (Wildman–Crippen LogP) is 5.41. The fourth-order valence-electron chi connectivity index (χ4n) is 5.21. The Bertz CT molecular complexity index is 1470. The van der Waals surface area contributed by atoms with Crippen LogP contribution in [-0.2, 0) is 32.2 Å². The minimum atomic E-state index is -0.589. The molecule has 0 aliphatic carbocycles. The highest BCUT2D eigenvalue weighted by molar-refractivity contribution is 5.90. The number of imidazole rings is 1. The van der Waals surface area contributed by atoms with E-state index in [2.05, 4.69) is 26.3 Å². The van der Waals surface area contributed by atoms with Crippen LogP contribution < -0.4 is 10.6 Å². The number of carbonyl (C=O) groups is 2. The van der Waals surface area contributed by atoms with Crippen molar-refractivity contribution in [2.75, 3.05) is 11.9 Å². The third-order valence-electron chi connectivity index (χ3n) is 7.46. The lowest BCUT2D eigenvalue weighted by molar-refractivity contribution is -0.252. The fourth-order valence-corrected chi connectivity index (χ4v) is 5.21. The SMILES string of the molecule is CC(=O)NCCCCCC(=O)Nc1ccc(C2OC(Cn3cnc4ccccc43)CC(c3ccc(CO)cc3)O2)cc1. The van der Waals surface area contributed by atoms with E-state index in [-0.39, 0.29) is 30.6 Å². The second kappa shape index (κ2) is 14.2. The van der Waals surface area contributed by atoms with Crippen LogP contribution in [0.1, 0.15) is 68.1 Å². The summed E-state index contributed by atoms with van der Waals surface area (Å²) in [5, 5.41) is 15.2. The molecule has 3 aromatic carbocycles. The van der Waals surface area contributed by atoms with Crippen molar-refractivity contribution < 1.29 is 24.2 Å². The molecular weight excluding hydrogens is 532 g/mol. The standard InChI is InChI=1S/C33H38N4O5/c1-23(39)34-18-6-2-3-9-32(40)36-27-16-14-26(15-17-27)33-41-28(20-37-22-35-29-7-4-5-8-30(29)37)19-31(42-33)25-12-10-24(21-38)11-13-25/h4-5,7-8,10-17,22,28,31,33,38H,2-3,6,9,18-21H2,1H3,(H,34,39)(H,36,40). The van der Waals surface area contributed by atoms with Crippen molar-refractivity contribution in [3.8, 4) is 0 Å². The van der Waals surface area contributed by atoms with E-state index in [9.17, 15) is 14.7 Å². The monoisotopic (exact) mass is 570 g/mol. The summed E-state index contributed by atoms with van der Waals surface area (Å²) < 4.78 is 15.1. The summed E-state index contributed by atoms with van der Waals surface area (Å²) in [6, 6.07) is 23.5. The maximum absolute atomic E-state index is 12.4. The average molecular weight is 571 g/mol. The first-order chi connectivity index (χ1) is 20.5. The zero-order valence-corrected chi connectivity index (χ0v) is 23.9. The molecular formula is C33H38N4O5. The van der Waals surface area contributed by atoms with Gasteiger partial charge in [0.2, 0.25) is 11.8 Å². The van der Waals surface area contributed by atoms with E-state index in [0.29, 0.717) is 25.9 Å². The third-order valence-corrected chi connectivity index (χ3v) is 7.46. The number of nitrogens with one attached hydrogen (secondary N) is 2. The first-order valence-corrected chi connectivity index (χ1v) is 14.5. The molecule has 4 aromatic rings. The summed E-state index contributed by atoms with van der Waals surface area (Å²) in [6.45, 7) is 2.76. The van der Waals surface area contributed by atoms with Gasteiger partial charge in [0.25, 0.3) is 0 Å². The minimum Gasteiger partial charge on any atom is -0.392 e. The molecule has 5 rings (SSSR count). The molecule has 9 nitrogen and oxygen atoms in total. The molecule has 3 N–H and O–H groups in total. The van der Waals surface area contributed by atoms with Crippen LogP contribution in [0.25, 0.3) is 11.0 Å². The molecule has 0 bridgehead atoms. The smallest absolute Gasteiger partial charge is 0.224 e. The van der Waals surface area contributed by atoms with Gasteiger partial charge in [-0.15, -0.1) is 0 Å². The molecule has 220 valence electrons. The van der Waals surface area contributed by atoms with Crippen molar-refractivity contribution >= 4 is 28.5 Å². The quantitative estimate of drug-likeness (QED) is 0.196. The number of para-hydroxylation sites is 2. The Morgan fingerprint density at radius 2 is 1.71 bits per heavy atom. The predicted molar refractivity (Wildman–Crippen MR) is 160 cm³/mol. The van der Waals surface area contributed by atoms with Gasteiger partial charge in [-0.05, 0) is 48.2 Å². The number of hydrogen-bond acceptors (Lipinski definition) is 6. The van der Waals surface area contributed by atoms with Crippen LogP contribution in [0.4, 0.5) is 5.69 Å². The number of hydrogen-bond donors (Lipinski definition) is 3. The Hall–Kier alpha value is -4.05. The van der Waals surface area contributed by atoms with Gasteiger partial charge in [0.05, 0.1) is 42.7 Å². The van der Waals surface area contributed by atoms with Crippen LogP contribution in [0.2, 0.25) is 0 Å². The number of unbranched alkanes of at least 4 members (excludes halogenated alkanes) is 2. The van der Waals surface area contributed by atoms with E-state index >= 15 is 0 Å². The van der Waals surface area contributed by atoms with Crippen LogP contribution >= 0.6 is 0 Å². The number of amides is 2. The van der Waals surface area contributed by atoms with E-state index in [1.807, 2.05) is 73.1 Å². The van der Waals surface area contributed by atoms with Gasteiger partial charge in [0.1, 0.15) is 0 Å². The summed E-state index contributed by atoms with van der Waals surface area (Å²) in [4.78, 5) is 27.9. The van der Waals surface area contributed by atoms with Crippen LogP contribution in [0.5, 0.6) is 0 Å². The lowest BCUT2D eigenvalue weighted by atomic mass is 10.00. The lowest BCUT2D eigenvalue weighted by Gasteiger charge is -2.36. The second-order valence-electron chi connectivity index (χ2n) is 10.7. The number of aromatic nitrogens is 2. The molecule has 3 atom stereocenters. The highest BCUT2D eigenvalue weighted by Crippen LogP contribution is 2.39. The van der Waals surface area contributed by atoms with Crippen LogP contribution in [0.15, 0.2) is 79.1 Å². The van der Waals surface area contributed by atoms with Crippen molar-refractivity contribution in [2.24, 2.45) is 0 Å². The zero-order valence-electron chi connectivity index (χ0n) is 23.9. The average Bonchev–Trinajstić information content (AvgIpc) is 3.41. The Labute approximate surface area is 245 Å². The number of carbonyl (C=O) groups excluding carboxylic acids is 2. The van der Waals surface area contributed by atoms with Gasteiger partial charge >= 0.3 is 0 Å². The van der Waals surface area contributed by atoms with E-state index < -0.39 is 6.29 Å². The highest BCUT2D eigenvalue weighted by atomic mass is 16.7. The third kappa shape index (κ3) is 7.82. The molecule has 0 spiro atoms. The Morgan fingerprint density at radius 3 is 2.48 bits per heavy atom. The topological polar surface area (TPSA) is 115 Å². The molecule has 0 radical (unpaired) electrons. The van der Waals surface area contributed by atoms with Gasteiger partial charge < -0.3 is 29.8 Å². The summed E-state index contributed by atoms with van der Waals surface area (Å²) in [7, 11) is 0. The number of nitrogens with zero attached hydrogens (tertiary/aromatic N) is 2. The number of ether oxygens (including phenoxy) is 2. The maximum atomic E-state index is 12.4. The van der Waals surface area contributed by atoms with Gasteiger partial charge in [-0.25, -0.2) is 4.98 Å². The van der Waals surface area contributed by atoms with Crippen molar-refractivity contribution in [1.29, 1.82) is 0 Å². The van der Waals surface area contributed by atoms with Crippen molar-refractivity contribution in [1.82, 2.24) is 14.9 Å². The van der Waals surface area contributed by atoms with Gasteiger partial charge in [-0.1, -0.05) is 55.0 Å². The first-order valence-electron chi connectivity index (χ1n) is 14.5. The zero-order chi connectivity index (χ0) is 29.3. The molecule has 0 saturated carbocycles. The van der Waals surface area contributed by atoms with Crippen molar-refractivity contribution in [3.05, 3.63) is 95.8 Å². The van der Waals surface area contributed by atoms with Crippen molar-refractivity contribution in [3.63, 3.8) is 0 Å². The number of rotatable bonds is 12. The fraction of sp³-hybridized carbons (Fsp3) is 0.364. The van der Waals surface area contributed by atoms with Crippen LogP contribution in [0.3, 0.4) is 0 Å². The largest absolute Gasteiger partial charge is 0.392 e. The van der Waals surface area contributed by atoms with Gasteiger partial charge in [0.15, 0.2) is 6.29 Å². The van der Waals surface area contributed by atoms with Gasteiger partial charge in [-0.3, -0.25) is 9.59 Å². The van der Waals surface area contributed by atoms with Gasteiger partial charge in [-0.2, -0.15) is 0 Å². The van der Waals surface area contributed by atoms with E-state index in [1.165, 1.54) is 6.92 Å². The molecule has 2 heterocycles. The number of anilines is 1. The molecule has 1 fully saturated rings. The van der Waals surface area contributed by atoms with E-state index in [1.54, 1.807) is 0 Å². The number of fused-ring (bicyclic) bond motifs is 1. The Balaban J connectivity index is 1.24. The molecule has 9 heteroatoms. The molecule has 2 amide bonds. The summed E-state index contributed by atoms with van der Waals surface area (Å²) in [5.41, 5.74) is 5.47. The normalized spacial score (nSPS) is 18.6. The summed E-state index contributed by atoms with van der Waals surface area (Å²) >= 11 is 0. The van der Waals surface area contributed by atoms with Crippen LogP contribution in [-0.4, -0.2) is 39.1 Å². The minimum absolute atomic E-state index is 0.00460. The number of benzene rings is 3. The number of aliphatic hydroxyl groups excluding tert-OH is 1. The lowest BCUT2D eigenvalue weighted by Crippen LogP contribution is -2.32. The molecule has 1 saturated heterocycles. The summed E-state index contributed by atoms with van der Waals surface area (Å²) in [6.07, 6.45) is 4.53. The molecule has 1 aromatic heterocycles. The molecule has 1 aliphatic heterocycles. The first kappa shape index (κ1) is 29.4. The van der Waals surface area contributed by atoms with E-state index in [4.69, 9.17) is 9.47 Å². The highest BCUT2D eigenvalue weighted by Gasteiger charge is 2.32. The second-order valence-corrected chi connectivity index (χ2v) is 10.7. The number of aliphatic hydroxyl groups is 1. The van der Waals surface area contributed by atoms with Gasteiger partial charge in [0, 0.05) is 37.6 Å². The van der Waals surface area contributed by atoms with E-state index in [0.717, 1.165) is 52.7 Å². The maximum Gasteiger partial charge on any atom is 0.224 e. The molecule has 42 heavy (non-hydrogen) atoms. The molecule has 1 aliphatic rings. The molecule has 3 unspecified atom stereocenters. The summed E-state index contributed by atoms with van der Waals surface area (Å²) in [5.74, 6) is -0.0683. The van der Waals surface area contributed by atoms with Crippen molar-refractivity contribution in [2.45, 2.75) is 70.7 Å². The Morgan fingerprint density at radius 1 is 0.952 bits per heavy atom. The Kier molecular flexibility index (Phi) is 9.97. The van der Waals surface area contributed by atoms with Crippen LogP contribution in [0, 0.1) is 0 Å².